The van der Waals surface area contributed by atoms with Gasteiger partial charge in [0.25, 0.3) is 5.56 Å². The molecular formula is C12H12N2O2. The molecule has 0 saturated heterocycles. The van der Waals surface area contributed by atoms with Gasteiger partial charge in [0.1, 0.15) is 0 Å². The number of fused-ring (bicyclic) bond motifs is 1. The maximum Gasteiger partial charge on any atom is 0.254 e. The number of furan rings is 1. The molecule has 4 heteroatoms. The summed E-state index contributed by atoms with van der Waals surface area (Å²) >= 11 is 0. The van der Waals surface area contributed by atoms with E-state index in [1.807, 2.05) is 13.0 Å². The van der Waals surface area contributed by atoms with Gasteiger partial charge in [-0.2, -0.15) is 0 Å². The highest BCUT2D eigenvalue weighted by Crippen LogP contribution is 2.23. The topological polar surface area (TPSA) is 58.9 Å². The number of aromatic amines is 1. The third kappa shape index (κ3) is 1.30. The van der Waals surface area contributed by atoms with E-state index in [0.717, 1.165) is 36.1 Å². The fourth-order valence-electron chi connectivity index (χ4n) is 2.16. The zero-order valence-electron chi connectivity index (χ0n) is 9.04. The number of aromatic nitrogens is 2. The Bertz CT molecular complexity index is 595. The standard InChI is InChI=1S/C12H12N2O2/c1-7-5-6-16-10(7)11-13-9-4-2-3-8(9)12(15)14-11/h5-6H,2-4H2,1H3,(H,13,14,15). The monoisotopic (exact) mass is 216 g/mol. The maximum atomic E-state index is 11.8. The summed E-state index contributed by atoms with van der Waals surface area (Å²) in [5.41, 5.74) is 2.73. The lowest BCUT2D eigenvalue weighted by atomic mass is 10.2. The van der Waals surface area contributed by atoms with Gasteiger partial charge in [-0.05, 0) is 37.8 Å². The summed E-state index contributed by atoms with van der Waals surface area (Å²) < 4.78 is 5.33. The van der Waals surface area contributed by atoms with E-state index >= 15 is 0 Å². The molecule has 1 aliphatic rings. The van der Waals surface area contributed by atoms with Crippen LogP contribution in [-0.2, 0) is 12.8 Å². The number of hydrogen-bond donors (Lipinski definition) is 1. The summed E-state index contributed by atoms with van der Waals surface area (Å²) in [7, 11) is 0. The molecule has 3 rings (SSSR count). The molecule has 1 N–H and O–H groups in total. The molecule has 0 unspecified atom stereocenters. The van der Waals surface area contributed by atoms with E-state index in [9.17, 15) is 4.79 Å². The Balaban J connectivity index is 2.21. The van der Waals surface area contributed by atoms with Crippen molar-refractivity contribution in [3.8, 4) is 11.6 Å². The second-order valence-corrected chi connectivity index (χ2v) is 4.13. The molecule has 0 amide bonds. The second-order valence-electron chi connectivity index (χ2n) is 4.13. The Morgan fingerprint density at radius 2 is 2.31 bits per heavy atom. The van der Waals surface area contributed by atoms with Crippen LogP contribution in [0.3, 0.4) is 0 Å². The van der Waals surface area contributed by atoms with Gasteiger partial charge in [0, 0.05) is 5.56 Å². The summed E-state index contributed by atoms with van der Waals surface area (Å²) in [4.78, 5) is 19.1. The van der Waals surface area contributed by atoms with Crippen LogP contribution < -0.4 is 5.56 Å². The average molecular weight is 216 g/mol. The van der Waals surface area contributed by atoms with Crippen molar-refractivity contribution >= 4 is 0 Å². The van der Waals surface area contributed by atoms with Crippen LogP contribution >= 0.6 is 0 Å². The van der Waals surface area contributed by atoms with Crippen LogP contribution in [0.15, 0.2) is 21.5 Å². The first kappa shape index (κ1) is 9.39. The largest absolute Gasteiger partial charge is 0.461 e. The zero-order chi connectivity index (χ0) is 11.1. The fourth-order valence-corrected chi connectivity index (χ4v) is 2.16. The van der Waals surface area contributed by atoms with E-state index in [-0.39, 0.29) is 5.56 Å². The Morgan fingerprint density at radius 3 is 3.06 bits per heavy atom. The molecular weight excluding hydrogens is 204 g/mol. The van der Waals surface area contributed by atoms with Crippen molar-refractivity contribution in [1.82, 2.24) is 9.97 Å². The minimum atomic E-state index is -0.0201. The molecule has 1 aliphatic carbocycles. The molecule has 0 fully saturated rings. The van der Waals surface area contributed by atoms with Crippen molar-refractivity contribution < 1.29 is 4.42 Å². The van der Waals surface area contributed by atoms with Crippen molar-refractivity contribution in [3.63, 3.8) is 0 Å². The molecule has 2 aromatic rings. The van der Waals surface area contributed by atoms with Crippen molar-refractivity contribution in [2.75, 3.05) is 0 Å². The molecule has 0 aliphatic heterocycles. The predicted molar refractivity (Wildman–Crippen MR) is 59.3 cm³/mol. The smallest absolute Gasteiger partial charge is 0.254 e. The van der Waals surface area contributed by atoms with E-state index in [2.05, 4.69) is 9.97 Å². The third-order valence-corrected chi connectivity index (χ3v) is 3.02. The molecule has 16 heavy (non-hydrogen) atoms. The van der Waals surface area contributed by atoms with Crippen molar-refractivity contribution in [3.05, 3.63) is 39.5 Å². The average Bonchev–Trinajstić information content (AvgIpc) is 2.85. The first-order valence-electron chi connectivity index (χ1n) is 5.42. The number of hydrogen-bond acceptors (Lipinski definition) is 3. The molecule has 82 valence electrons. The van der Waals surface area contributed by atoms with Crippen LogP contribution in [0, 0.1) is 6.92 Å². The molecule has 0 saturated carbocycles. The van der Waals surface area contributed by atoms with Crippen LogP contribution in [0.2, 0.25) is 0 Å². The Hall–Kier alpha value is -1.84. The summed E-state index contributed by atoms with van der Waals surface area (Å²) in [5, 5.41) is 0. The van der Waals surface area contributed by atoms with Crippen LogP contribution in [0.1, 0.15) is 23.2 Å². The van der Waals surface area contributed by atoms with Crippen molar-refractivity contribution in [1.29, 1.82) is 0 Å². The van der Waals surface area contributed by atoms with Gasteiger partial charge in [0.2, 0.25) is 0 Å². The summed E-state index contributed by atoms with van der Waals surface area (Å²) in [6, 6.07) is 1.86. The fraction of sp³-hybridized carbons (Fsp3) is 0.333. The first-order valence-corrected chi connectivity index (χ1v) is 5.42. The van der Waals surface area contributed by atoms with E-state index in [1.165, 1.54) is 0 Å². The molecule has 0 bridgehead atoms. The van der Waals surface area contributed by atoms with E-state index in [0.29, 0.717) is 11.6 Å². The molecule has 0 aromatic carbocycles. The number of aryl methyl sites for hydroxylation is 2. The Labute approximate surface area is 92.3 Å². The van der Waals surface area contributed by atoms with Gasteiger partial charge < -0.3 is 9.40 Å². The number of nitrogens with zero attached hydrogens (tertiary/aromatic N) is 1. The molecule has 0 spiro atoms. The van der Waals surface area contributed by atoms with Gasteiger partial charge in [-0.25, -0.2) is 4.98 Å². The maximum absolute atomic E-state index is 11.8. The van der Waals surface area contributed by atoms with Crippen LogP contribution in [0.5, 0.6) is 0 Å². The van der Waals surface area contributed by atoms with E-state index < -0.39 is 0 Å². The lowest BCUT2D eigenvalue weighted by Crippen LogP contribution is -2.15. The highest BCUT2D eigenvalue weighted by atomic mass is 16.3. The van der Waals surface area contributed by atoms with E-state index in [1.54, 1.807) is 6.26 Å². The lowest BCUT2D eigenvalue weighted by molar-refractivity contribution is 0.574. The highest BCUT2D eigenvalue weighted by Gasteiger charge is 2.19. The van der Waals surface area contributed by atoms with Gasteiger partial charge in [-0.3, -0.25) is 4.79 Å². The lowest BCUT2D eigenvalue weighted by Gasteiger charge is -2.01. The molecule has 2 aromatic heterocycles. The van der Waals surface area contributed by atoms with Gasteiger partial charge in [0.05, 0.1) is 12.0 Å². The SMILES string of the molecule is Cc1ccoc1-c1nc2c(c(=O)[nH]1)CCC2. The van der Waals surface area contributed by atoms with Gasteiger partial charge >= 0.3 is 0 Å². The van der Waals surface area contributed by atoms with Crippen molar-refractivity contribution in [2.24, 2.45) is 0 Å². The number of rotatable bonds is 1. The predicted octanol–water partition coefficient (Wildman–Crippen LogP) is 1.83. The summed E-state index contributed by atoms with van der Waals surface area (Å²) in [6.45, 7) is 1.94. The second kappa shape index (κ2) is 3.33. The zero-order valence-corrected chi connectivity index (χ0v) is 9.04. The van der Waals surface area contributed by atoms with Gasteiger partial charge in [-0.15, -0.1) is 0 Å². The summed E-state index contributed by atoms with van der Waals surface area (Å²) in [5.74, 6) is 1.21. The van der Waals surface area contributed by atoms with Gasteiger partial charge in [-0.1, -0.05) is 0 Å². The highest BCUT2D eigenvalue weighted by molar-refractivity contribution is 5.52. The summed E-state index contributed by atoms with van der Waals surface area (Å²) in [6.07, 6.45) is 4.37. The Morgan fingerprint density at radius 1 is 1.44 bits per heavy atom. The quantitative estimate of drug-likeness (QED) is 0.791. The van der Waals surface area contributed by atoms with Crippen molar-refractivity contribution in [2.45, 2.75) is 26.2 Å². The molecule has 4 nitrogen and oxygen atoms in total. The molecule has 0 atom stereocenters. The molecule has 0 radical (unpaired) electrons. The van der Waals surface area contributed by atoms with Crippen LogP contribution in [0.4, 0.5) is 0 Å². The first-order chi connectivity index (χ1) is 7.75. The molecule has 2 heterocycles. The minimum Gasteiger partial charge on any atom is -0.461 e. The van der Waals surface area contributed by atoms with Crippen LogP contribution in [-0.4, -0.2) is 9.97 Å². The number of nitrogens with one attached hydrogen (secondary N) is 1. The normalized spacial score (nSPS) is 14.1. The minimum absolute atomic E-state index is 0.0201. The Kier molecular flexibility index (Phi) is 1.96. The number of H-pyrrole nitrogens is 1. The van der Waals surface area contributed by atoms with E-state index in [4.69, 9.17) is 4.42 Å². The van der Waals surface area contributed by atoms with Gasteiger partial charge in [0.15, 0.2) is 11.6 Å². The van der Waals surface area contributed by atoms with Crippen LogP contribution in [0.25, 0.3) is 11.6 Å². The third-order valence-electron chi connectivity index (χ3n) is 3.02.